The molecule has 0 radical (unpaired) electrons. The van der Waals surface area contributed by atoms with Crippen LogP contribution in [0.3, 0.4) is 0 Å². The number of ether oxygens (including phenoxy) is 1. The van der Waals surface area contributed by atoms with Gasteiger partial charge >= 0.3 is 0 Å². The molecule has 0 aliphatic carbocycles. The number of rotatable bonds is 6. The fourth-order valence-corrected chi connectivity index (χ4v) is 1.76. The molecule has 0 unspecified atom stereocenters. The van der Waals surface area contributed by atoms with Gasteiger partial charge < -0.3 is 10.1 Å². The Balaban J connectivity index is 2.28. The molecule has 92 valence electrons. The number of halogens is 1. The second-order valence-electron chi connectivity index (χ2n) is 3.78. The highest BCUT2D eigenvalue weighted by atomic mass is 127. The lowest BCUT2D eigenvalue weighted by Gasteiger charge is -2.06. The summed E-state index contributed by atoms with van der Waals surface area (Å²) in [6, 6.07) is 7.47. The molecule has 1 aromatic carbocycles. The molecule has 0 saturated carbocycles. The molecule has 0 fully saturated rings. The van der Waals surface area contributed by atoms with E-state index in [0.717, 1.165) is 9.14 Å². The van der Waals surface area contributed by atoms with Crippen molar-refractivity contribution >= 4 is 28.5 Å². The third kappa shape index (κ3) is 5.83. The van der Waals surface area contributed by atoms with Crippen molar-refractivity contribution < 1.29 is 9.53 Å². The molecule has 1 aromatic rings. The second-order valence-corrected chi connectivity index (χ2v) is 5.02. The molecule has 17 heavy (non-hydrogen) atoms. The highest BCUT2D eigenvalue weighted by Gasteiger charge is 2.04. The summed E-state index contributed by atoms with van der Waals surface area (Å²) in [5.74, 6) is -0.0672. The molecular formula is C13H16INO2. The largest absolute Gasteiger partial charge is 0.375 e. The molecule has 3 nitrogen and oxygen atoms in total. The molecule has 0 aliphatic rings. The van der Waals surface area contributed by atoms with E-state index in [1.807, 2.05) is 25.1 Å². The number of benzene rings is 1. The second kappa shape index (κ2) is 7.45. The minimum atomic E-state index is -0.0672. The third-order valence-corrected chi connectivity index (χ3v) is 2.64. The van der Waals surface area contributed by atoms with E-state index < -0.39 is 0 Å². The number of carbonyl (C=O) groups is 1. The van der Waals surface area contributed by atoms with E-state index in [4.69, 9.17) is 4.74 Å². The van der Waals surface area contributed by atoms with Crippen molar-refractivity contribution in [1.82, 2.24) is 5.32 Å². The van der Waals surface area contributed by atoms with Crippen LogP contribution >= 0.6 is 22.6 Å². The average Bonchev–Trinajstić information content (AvgIpc) is 2.28. The van der Waals surface area contributed by atoms with Gasteiger partial charge in [-0.1, -0.05) is 18.2 Å². The van der Waals surface area contributed by atoms with Crippen LogP contribution in [-0.4, -0.2) is 25.7 Å². The van der Waals surface area contributed by atoms with E-state index >= 15 is 0 Å². The zero-order chi connectivity index (χ0) is 12.7. The Kier molecular flexibility index (Phi) is 6.21. The quantitative estimate of drug-likeness (QED) is 0.489. The van der Waals surface area contributed by atoms with Gasteiger partial charge in [-0.25, -0.2) is 0 Å². The first-order valence-electron chi connectivity index (χ1n) is 5.35. The van der Waals surface area contributed by atoms with E-state index in [1.165, 1.54) is 0 Å². The Morgan fingerprint density at radius 3 is 2.94 bits per heavy atom. The molecule has 0 heterocycles. The van der Waals surface area contributed by atoms with Gasteiger partial charge in [0.25, 0.3) is 5.91 Å². The molecule has 0 saturated heterocycles. The van der Waals surface area contributed by atoms with Gasteiger partial charge in [0.15, 0.2) is 0 Å². The maximum absolute atomic E-state index is 11.7. The minimum absolute atomic E-state index is 0.0672. The van der Waals surface area contributed by atoms with Crippen molar-refractivity contribution in [1.29, 1.82) is 0 Å². The Morgan fingerprint density at radius 2 is 2.29 bits per heavy atom. The lowest BCUT2D eigenvalue weighted by molar-refractivity contribution is 0.0926. The maximum atomic E-state index is 11.7. The molecule has 4 heteroatoms. The lowest BCUT2D eigenvalue weighted by atomic mass is 10.2. The summed E-state index contributed by atoms with van der Waals surface area (Å²) < 4.78 is 6.34. The van der Waals surface area contributed by atoms with Gasteiger partial charge in [-0.05, 0) is 47.7 Å². The molecule has 0 bridgehead atoms. The summed E-state index contributed by atoms with van der Waals surface area (Å²) in [7, 11) is 0. The zero-order valence-electron chi connectivity index (χ0n) is 9.83. The highest BCUT2D eigenvalue weighted by molar-refractivity contribution is 14.1. The third-order valence-electron chi connectivity index (χ3n) is 1.97. The summed E-state index contributed by atoms with van der Waals surface area (Å²) >= 11 is 2.18. The Hall–Kier alpha value is -0.880. The fraction of sp³-hybridized carbons (Fsp3) is 0.308. The summed E-state index contributed by atoms with van der Waals surface area (Å²) in [5.41, 5.74) is 1.66. The molecule has 0 aliphatic heterocycles. The van der Waals surface area contributed by atoms with Crippen LogP contribution in [0, 0.1) is 3.57 Å². The summed E-state index contributed by atoms with van der Waals surface area (Å²) in [6.07, 6.45) is 0. The van der Waals surface area contributed by atoms with Crippen LogP contribution < -0.4 is 5.32 Å². The Labute approximate surface area is 115 Å². The number of nitrogens with one attached hydrogen (secondary N) is 1. The van der Waals surface area contributed by atoms with Crippen molar-refractivity contribution in [3.63, 3.8) is 0 Å². The fourth-order valence-electron chi connectivity index (χ4n) is 1.21. The first-order valence-corrected chi connectivity index (χ1v) is 6.43. The number of amides is 1. The summed E-state index contributed by atoms with van der Waals surface area (Å²) in [4.78, 5) is 11.7. The predicted octanol–water partition coefficient (Wildman–Crippen LogP) is 2.61. The van der Waals surface area contributed by atoms with Crippen LogP contribution in [0.25, 0.3) is 0 Å². The first kappa shape index (κ1) is 14.2. The van der Waals surface area contributed by atoms with Gasteiger partial charge in [-0.3, -0.25) is 4.79 Å². The van der Waals surface area contributed by atoms with Gasteiger partial charge in [-0.2, -0.15) is 0 Å². The predicted molar refractivity (Wildman–Crippen MR) is 77.1 cm³/mol. The van der Waals surface area contributed by atoms with Crippen molar-refractivity contribution in [3.8, 4) is 0 Å². The van der Waals surface area contributed by atoms with Gasteiger partial charge in [0.1, 0.15) is 0 Å². The molecule has 0 atom stereocenters. The SMILES string of the molecule is C=C(C)COCCNC(=O)c1cccc(I)c1. The van der Waals surface area contributed by atoms with Crippen molar-refractivity contribution in [3.05, 3.63) is 45.6 Å². The molecule has 1 amide bonds. The smallest absolute Gasteiger partial charge is 0.251 e. The maximum Gasteiger partial charge on any atom is 0.251 e. The van der Waals surface area contributed by atoms with Crippen LogP contribution in [0.5, 0.6) is 0 Å². The van der Waals surface area contributed by atoms with E-state index in [0.29, 0.717) is 25.3 Å². The van der Waals surface area contributed by atoms with Gasteiger partial charge in [0, 0.05) is 15.7 Å². The Bertz CT molecular complexity index is 404. The van der Waals surface area contributed by atoms with E-state index in [-0.39, 0.29) is 5.91 Å². The first-order chi connectivity index (χ1) is 8.09. The highest BCUT2D eigenvalue weighted by Crippen LogP contribution is 2.07. The van der Waals surface area contributed by atoms with Gasteiger partial charge in [-0.15, -0.1) is 0 Å². The minimum Gasteiger partial charge on any atom is -0.375 e. The number of hydrogen-bond acceptors (Lipinski definition) is 2. The lowest BCUT2D eigenvalue weighted by Crippen LogP contribution is -2.27. The molecule has 0 spiro atoms. The number of carbonyl (C=O) groups excluding carboxylic acids is 1. The zero-order valence-corrected chi connectivity index (χ0v) is 12.0. The van der Waals surface area contributed by atoms with E-state index in [2.05, 4.69) is 34.5 Å². The molecular weight excluding hydrogens is 329 g/mol. The van der Waals surface area contributed by atoms with Crippen molar-refractivity contribution in [2.75, 3.05) is 19.8 Å². The van der Waals surface area contributed by atoms with Crippen LogP contribution in [-0.2, 0) is 4.74 Å². The van der Waals surface area contributed by atoms with Gasteiger partial charge in [0.2, 0.25) is 0 Å². The number of hydrogen-bond donors (Lipinski definition) is 1. The van der Waals surface area contributed by atoms with Crippen molar-refractivity contribution in [2.45, 2.75) is 6.92 Å². The standard InChI is InChI=1S/C13H16INO2/c1-10(2)9-17-7-6-15-13(16)11-4-3-5-12(14)8-11/h3-5,8H,1,6-7,9H2,2H3,(H,15,16). The van der Waals surface area contributed by atoms with Crippen LogP contribution in [0.1, 0.15) is 17.3 Å². The van der Waals surface area contributed by atoms with E-state index in [1.54, 1.807) is 6.07 Å². The van der Waals surface area contributed by atoms with Crippen LogP contribution in [0.2, 0.25) is 0 Å². The molecule has 1 rings (SSSR count). The molecule has 1 N–H and O–H groups in total. The van der Waals surface area contributed by atoms with Crippen LogP contribution in [0.15, 0.2) is 36.4 Å². The normalized spacial score (nSPS) is 10.0. The monoisotopic (exact) mass is 345 g/mol. The van der Waals surface area contributed by atoms with Crippen LogP contribution in [0.4, 0.5) is 0 Å². The van der Waals surface area contributed by atoms with Gasteiger partial charge in [0.05, 0.1) is 13.2 Å². The molecule has 0 aromatic heterocycles. The summed E-state index contributed by atoms with van der Waals surface area (Å²) in [6.45, 7) is 7.19. The Morgan fingerprint density at radius 1 is 1.53 bits per heavy atom. The topological polar surface area (TPSA) is 38.3 Å². The average molecular weight is 345 g/mol. The summed E-state index contributed by atoms with van der Waals surface area (Å²) in [5, 5.41) is 2.80. The van der Waals surface area contributed by atoms with E-state index in [9.17, 15) is 4.79 Å². The van der Waals surface area contributed by atoms with Crippen molar-refractivity contribution in [2.24, 2.45) is 0 Å².